The van der Waals surface area contributed by atoms with Gasteiger partial charge in [-0.3, -0.25) is 4.79 Å². The Morgan fingerprint density at radius 2 is 1.70 bits per heavy atom. The number of carbonyl (C=O) groups excluding carboxylic acids is 2. The Bertz CT molecular complexity index is 607. The molecular weight excluding hydrogens is 334 g/mol. The Labute approximate surface area is 125 Å². The first-order valence-corrected chi connectivity index (χ1v) is 5.91. The van der Waals surface area contributed by atoms with Crippen molar-refractivity contribution in [3.63, 3.8) is 0 Å². The Morgan fingerprint density at radius 3 is 2.13 bits per heavy atom. The molecular formula is C13H10F6O4. The Hall–Kier alpha value is -2.10. The van der Waals surface area contributed by atoms with Crippen LogP contribution in [0.4, 0.5) is 26.3 Å². The van der Waals surface area contributed by atoms with Gasteiger partial charge in [0, 0.05) is 5.56 Å². The van der Waals surface area contributed by atoms with Crippen LogP contribution in [0.5, 0.6) is 0 Å². The molecule has 0 spiro atoms. The Morgan fingerprint density at radius 1 is 1.13 bits per heavy atom. The molecule has 4 nitrogen and oxygen atoms in total. The van der Waals surface area contributed by atoms with Crippen LogP contribution in [0.25, 0.3) is 0 Å². The number of esters is 1. The lowest BCUT2D eigenvalue weighted by Gasteiger charge is -2.26. The van der Waals surface area contributed by atoms with Crippen molar-refractivity contribution in [2.75, 3.05) is 7.11 Å². The summed E-state index contributed by atoms with van der Waals surface area (Å²) < 4.78 is 79.8. The number of Topliss-reactive ketones (excluding diaryl/α,β-unsaturated/α-hetero) is 1. The molecule has 0 aliphatic rings. The smallest absolute Gasteiger partial charge is 0.428 e. The number of aliphatic hydroxyl groups is 1. The summed E-state index contributed by atoms with van der Waals surface area (Å²) in [6, 6.07) is 2.61. The molecule has 128 valence electrons. The monoisotopic (exact) mass is 344 g/mol. The molecule has 0 fully saturated rings. The van der Waals surface area contributed by atoms with Crippen molar-refractivity contribution in [2.45, 2.75) is 24.4 Å². The first-order valence-electron chi connectivity index (χ1n) is 5.91. The van der Waals surface area contributed by atoms with E-state index >= 15 is 0 Å². The SMILES string of the molecule is COC(=O)[C@@](O)(CC(=O)c1cccc(C(F)(F)F)c1)C(F)(F)F. The van der Waals surface area contributed by atoms with Gasteiger partial charge in [-0.25, -0.2) is 4.79 Å². The number of carbonyl (C=O) groups is 2. The van der Waals surface area contributed by atoms with E-state index in [0.29, 0.717) is 19.2 Å². The van der Waals surface area contributed by atoms with Crippen molar-refractivity contribution in [2.24, 2.45) is 0 Å². The molecule has 0 aromatic heterocycles. The fourth-order valence-corrected chi connectivity index (χ4v) is 1.66. The van der Waals surface area contributed by atoms with Crippen LogP contribution in [0.3, 0.4) is 0 Å². The average molecular weight is 344 g/mol. The number of methoxy groups -OCH3 is 1. The van der Waals surface area contributed by atoms with Crippen LogP contribution in [-0.4, -0.2) is 35.7 Å². The fourth-order valence-electron chi connectivity index (χ4n) is 1.66. The van der Waals surface area contributed by atoms with Gasteiger partial charge in [0.05, 0.1) is 19.1 Å². The van der Waals surface area contributed by atoms with Crippen LogP contribution in [-0.2, 0) is 15.7 Å². The number of ether oxygens (including phenoxy) is 1. The normalized spacial score (nSPS) is 15.0. The molecule has 0 bridgehead atoms. The third-order valence-corrected chi connectivity index (χ3v) is 2.92. The molecule has 0 radical (unpaired) electrons. The number of rotatable bonds is 4. The number of hydrogen-bond acceptors (Lipinski definition) is 4. The van der Waals surface area contributed by atoms with Gasteiger partial charge in [0.2, 0.25) is 0 Å². The van der Waals surface area contributed by atoms with Crippen molar-refractivity contribution in [3.8, 4) is 0 Å². The minimum Gasteiger partial charge on any atom is -0.467 e. The first-order chi connectivity index (χ1) is 10.3. The molecule has 1 atom stereocenters. The predicted octanol–water partition coefficient (Wildman–Crippen LogP) is 2.74. The van der Waals surface area contributed by atoms with Gasteiger partial charge >= 0.3 is 18.3 Å². The van der Waals surface area contributed by atoms with Gasteiger partial charge in [0.25, 0.3) is 5.60 Å². The summed E-state index contributed by atoms with van der Waals surface area (Å²) in [7, 11) is 0.563. The van der Waals surface area contributed by atoms with Crippen molar-refractivity contribution in [1.82, 2.24) is 0 Å². The van der Waals surface area contributed by atoms with Gasteiger partial charge in [-0.1, -0.05) is 12.1 Å². The zero-order valence-electron chi connectivity index (χ0n) is 11.5. The van der Waals surface area contributed by atoms with Crippen LogP contribution in [0.2, 0.25) is 0 Å². The lowest BCUT2D eigenvalue weighted by molar-refractivity contribution is -0.260. The van der Waals surface area contributed by atoms with Gasteiger partial charge in [0.15, 0.2) is 5.78 Å². The summed E-state index contributed by atoms with van der Waals surface area (Å²) in [4.78, 5) is 22.9. The highest BCUT2D eigenvalue weighted by molar-refractivity contribution is 6.00. The lowest BCUT2D eigenvalue weighted by Crippen LogP contribution is -2.54. The van der Waals surface area contributed by atoms with E-state index in [1.165, 1.54) is 0 Å². The van der Waals surface area contributed by atoms with Crippen molar-refractivity contribution >= 4 is 11.8 Å². The predicted molar refractivity (Wildman–Crippen MR) is 63.4 cm³/mol. The molecule has 0 saturated heterocycles. The number of hydrogen-bond donors (Lipinski definition) is 1. The van der Waals surface area contributed by atoms with Gasteiger partial charge in [0.1, 0.15) is 0 Å². The average Bonchev–Trinajstić information content (AvgIpc) is 2.44. The molecule has 1 aromatic carbocycles. The summed E-state index contributed by atoms with van der Waals surface area (Å²) in [5, 5.41) is 9.43. The molecule has 1 N–H and O–H groups in total. The highest BCUT2D eigenvalue weighted by atomic mass is 19.4. The van der Waals surface area contributed by atoms with Crippen LogP contribution >= 0.6 is 0 Å². The molecule has 0 unspecified atom stereocenters. The molecule has 0 aliphatic carbocycles. The highest BCUT2D eigenvalue weighted by Gasteiger charge is 2.61. The maximum Gasteiger partial charge on any atom is 0.428 e. The third-order valence-electron chi connectivity index (χ3n) is 2.92. The molecule has 0 aliphatic heterocycles. The first kappa shape index (κ1) is 18.9. The molecule has 0 amide bonds. The van der Waals surface area contributed by atoms with E-state index in [0.717, 1.165) is 12.1 Å². The molecule has 23 heavy (non-hydrogen) atoms. The second-order valence-corrected chi connectivity index (χ2v) is 4.53. The van der Waals surface area contributed by atoms with Crippen molar-refractivity contribution in [1.29, 1.82) is 0 Å². The van der Waals surface area contributed by atoms with E-state index in [-0.39, 0.29) is 0 Å². The molecule has 0 saturated carbocycles. The van der Waals surface area contributed by atoms with E-state index in [9.17, 15) is 41.0 Å². The van der Waals surface area contributed by atoms with E-state index in [2.05, 4.69) is 4.74 Å². The standard InChI is InChI=1S/C13H10F6O4/c1-23-10(21)11(22,13(17,18)19)6-9(20)7-3-2-4-8(5-7)12(14,15)16/h2-5,22H,6H2,1H3/t11-/m0/s1. The summed E-state index contributed by atoms with van der Waals surface area (Å²) >= 11 is 0. The summed E-state index contributed by atoms with van der Waals surface area (Å²) in [6.45, 7) is 0. The summed E-state index contributed by atoms with van der Waals surface area (Å²) in [5.74, 6) is -3.63. The zero-order chi connectivity index (χ0) is 18.1. The number of halogens is 6. The topological polar surface area (TPSA) is 63.6 Å². The van der Waals surface area contributed by atoms with Crippen LogP contribution < -0.4 is 0 Å². The van der Waals surface area contributed by atoms with Crippen molar-refractivity contribution in [3.05, 3.63) is 35.4 Å². The second-order valence-electron chi connectivity index (χ2n) is 4.53. The number of benzene rings is 1. The number of ketones is 1. The Kier molecular flexibility index (Phi) is 5.10. The largest absolute Gasteiger partial charge is 0.467 e. The van der Waals surface area contributed by atoms with Gasteiger partial charge in [-0.05, 0) is 12.1 Å². The molecule has 0 heterocycles. The maximum atomic E-state index is 12.8. The summed E-state index contributed by atoms with van der Waals surface area (Å²) in [5.41, 5.74) is -6.13. The van der Waals surface area contributed by atoms with Crippen LogP contribution in [0.15, 0.2) is 24.3 Å². The Balaban J connectivity index is 3.17. The second kappa shape index (κ2) is 6.19. The molecule has 10 heteroatoms. The zero-order valence-corrected chi connectivity index (χ0v) is 11.5. The third kappa shape index (κ3) is 4.01. The van der Waals surface area contributed by atoms with Crippen LogP contribution in [0, 0.1) is 0 Å². The van der Waals surface area contributed by atoms with E-state index in [1.807, 2.05) is 0 Å². The van der Waals surface area contributed by atoms with Gasteiger partial charge in [-0.2, -0.15) is 26.3 Å². The van der Waals surface area contributed by atoms with Gasteiger partial charge < -0.3 is 9.84 Å². The fraction of sp³-hybridized carbons (Fsp3) is 0.385. The lowest BCUT2D eigenvalue weighted by atomic mass is 9.92. The van der Waals surface area contributed by atoms with Crippen molar-refractivity contribution < 1.29 is 45.8 Å². The van der Waals surface area contributed by atoms with E-state index in [1.54, 1.807) is 0 Å². The quantitative estimate of drug-likeness (QED) is 0.518. The minimum atomic E-state index is -5.54. The van der Waals surface area contributed by atoms with E-state index in [4.69, 9.17) is 0 Å². The molecule has 1 aromatic rings. The maximum absolute atomic E-state index is 12.8. The van der Waals surface area contributed by atoms with Crippen LogP contribution in [0.1, 0.15) is 22.3 Å². The van der Waals surface area contributed by atoms with Gasteiger partial charge in [-0.15, -0.1) is 0 Å². The summed E-state index contributed by atoms with van der Waals surface area (Å²) in [6.07, 6.45) is -12.2. The minimum absolute atomic E-state index is 0.330. The highest BCUT2D eigenvalue weighted by Crippen LogP contribution is 2.36. The number of alkyl halides is 6. The molecule has 1 rings (SSSR count). The van der Waals surface area contributed by atoms with E-state index < -0.39 is 47.3 Å².